The van der Waals surface area contributed by atoms with Gasteiger partial charge in [0.2, 0.25) is 5.91 Å². The molecule has 3 aromatic rings. The molecule has 0 bridgehead atoms. The number of aromatic nitrogens is 3. The van der Waals surface area contributed by atoms with Gasteiger partial charge in [-0.2, -0.15) is 5.26 Å². The maximum atomic E-state index is 12.3. The summed E-state index contributed by atoms with van der Waals surface area (Å²) in [6.07, 6.45) is 1.52. The van der Waals surface area contributed by atoms with Crippen LogP contribution in [0.2, 0.25) is 0 Å². The van der Waals surface area contributed by atoms with Gasteiger partial charge in [-0.25, -0.2) is 14.5 Å². The molecule has 2 aromatic heterocycles. The molecule has 3 rings (SSSR count). The quantitative estimate of drug-likeness (QED) is 0.225. The Labute approximate surface area is 203 Å². The standard InChI is InChI=1S/C17H16N5O6PS.Na.H/c1-9-11(6-18)19-7-12-16(9)22-17(21-12)30-8-15(23)20-10-3-4-13(14(5-10)27-2)28-29(24,25)26;;/h3-5,7H,8H2,1-2H3,(H,20,23)(H,21,22)(H2,24,25,26);;. The second kappa shape index (κ2) is 10.5. The monoisotopic (exact) mass is 473 g/mol. The molecule has 4 N–H and O–H groups in total. The van der Waals surface area contributed by atoms with E-state index in [-0.39, 0.29) is 52.7 Å². The number of carbonyl (C=O) groups excluding carboxylic acids is 1. The van der Waals surface area contributed by atoms with Crippen molar-refractivity contribution in [1.82, 2.24) is 15.0 Å². The number of pyridine rings is 1. The number of anilines is 1. The Morgan fingerprint density at radius 3 is 2.77 bits per heavy atom. The average molecular weight is 473 g/mol. The number of phosphoric ester groups is 1. The van der Waals surface area contributed by atoms with E-state index in [4.69, 9.17) is 19.8 Å². The number of hydrogen-bond acceptors (Lipinski definition) is 8. The van der Waals surface area contributed by atoms with Gasteiger partial charge in [-0.3, -0.25) is 14.6 Å². The van der Waals surface area contributed by atoms with Gasteiger partial charge in [-0.05, 0) is 19.1 Å². The van der Waals surface area contributed by atoms with Crippen molar-refractivity contribution < 1.29 is 28.4 Å². The van der Waals surface area contributed by atoms with Gasteiger partial charge in [-0.15, -0.1) is 0 Å². The fourth-order valence-corrected chi connectivity index (χ4v) is 3.63. The Hall–Kier alpha value is -2.10. The summed E-state index contributed by atoms with van der Waals surface area (Å²) >= 11 is 1.17. The number of rotatable bonds is 7. The second-order valence-corrected chi connectivity index (χ2v) is 8.06. The summed E-state index contributed by atoms with van der Waals surface area (Å²) in [5, 5.41) is 12.2. The fraction of sp³-hybridized carbons (Fsp3) is 0.176. The summed E-state index contributed by atoms with van der Waals surface area (Å²) in [6, 6.07) is 6.09. The molecule has 0 fully saturated rings. The van der Waals surface area contributed by atoms with Crippen molar-refractivity contribution in [3.63, 3.8) is 0 Å². The number of benzene rings is 1. The minimum atomic E-state index is -4.74. The van der Waals surface area contributed by atoms with Crippen LogP contribution in [0, 0.1) is 18.3 Å². The van der Waals surface area contributed by atoms with Gasteiger partial charge in [0.25, 0.3) is 0 Å². The third kappa shape index (κ3) is 6.44. The van der Waals surface area contributed by atoms with E-state index in [1.807, 2.05) is 6.07 Å². The number of thioether (sulfide) groups is 1. The van der Waals surface area contributed by atoms with Crippen LogP contribution in [0.25, 0.3) is 11.0 Å². The molecule has 0 aliphatic rings. The first-order valence-corrected chi connectivity index (χ1v) is 10.8. The summed E-state index contributed by atoms with van der Waals surface area (Å²) in [5.41, 5.74) is 2.60. The molecule has 0 unspecified atom stereocenters. The zero-order chi connectivity index (χ0) is 21.9. The SMILES string of the molecule is COc1cc(NC(=O)CSc2nc3c(C)c(C#N)ncc3[nH]2)ccc1OP(=O)(O)O.[NaH]. The van der Waals surface area contributed by atoms with Gasteiger partial charge in [0.15, 0.2) is 16.7 Å². The zero-order valence-electron chi connectivity index (χ0n) is 15.7. The van der Waals surface area contributed by atoms with Crippen LogP contribution in [0.5, 0.6) is 11.5 Å². The predicted octanol–water partition coefficient (Wildman–Crippen LogP) is 1.70. The molecular formula is C17H17N5NaO6PS. The Balaban J connectivity index is 0.00000341. The number of imidazole rings is 1. The first kappa shape index (κ1) is 25.2. The number of hydrogen-bond donors (Lipinski definition) is 4. The minimum absolute atomic E-state index is 0. The number of fused-ring (bicyclic) bond motifs is 1. The molecule has 0 spiro atoms. The van der Waals surface area contributed by atoms with Crippen molar-refractivity contribution in [2.75, 3.05) is 18.2 Å². The zero-order valence-corrected chi connectivity index (χ0v) is 17.5. The first-order valence-electron chi connectivity index (χ1n) is 8.31. The van der Waals surface area contributed by atoms with E-state index in [0.717, 1.165) is 0 Å². The van der Waals surface area contributed by atoms with Crippen molar-refractivity contribution in [2.45, 2.75) is 12.1 Å². The van der Waals surface area contributed by atoms with Crippen LogP contribution in [0.4, 0.5) is 5.69 Å². The second-order valence-electron chi connectivity index (χ2n) is 5.93. The molecule has 0 aliphatic heterocycles. The summed E-state index contributed by atoms with van der Waals surface area (Å²) in [4.78, 5) is 41.6. The van der Waals surface area contributed by atoms with Crippen molar-refractivity contribution in [3.8, 4) is 17.6 Å². The molecule has 2 heterocycles. The molecule has 1 aromatic carbocycles. The Morgan fingerprint density at radius 1 is 1.39 bits per heavy atom. The van der Waals surface area contributed by atoms with Gasteiger partial charge in [-0.1, -0.05) is 11.8 Å². The van der Waals surface area contributed by atoms with Crippen LogP contribution < -0.4 is 14.6 Å². The number of phosphoric acid groups is 1. The van der Waals surface area contributed by atoms with Crippen molar-refractivity contribution in [3.05, 3.63) is 35.7 Å². The van der Waals surface area contributed by atoms with E-state index in [1.54, 1.807) is 6.92 Å². The molecule has 0 saturated carbocycles. The predicted molar refractivity (Wildman–Crippen MR) is 116 cm³/mol. The number of carbonyl (C=O) groups is 1. The molecule has 0 saturated heterocycles. The summed E-state index contributed by atoms with van der Waals surface area (Å²) in [6.45, 7) is 1.75. The van der Waals surface area contributed by atoms with E-state index in [0.29, 0.717) is 33.1 Å². The summed E-state index contributed by atoms with van der Waals surface area (Å²) < 4.78 is 20.6. The Kier molecular flexibility index (Phi) is 8.50. The molecule has 158 valence electrons. The molecule has 14 heteroatoms. The fourth-order valence-electron chi connectivity index (χ4n) is 2.54. The van der Waals surface area contributed by atoms with Gasteiger partial charge >= 0.3 is 37.4 Å². The van der Waals surface area contributed by atoms with E-state index >= 15 is 0 Å². The number of H-pyrrole nitrogens is 1. The van der Waals surface area contributed by atoms with Gasteiger partial charge < -0.3 is 19.6 Å². The number of nitrogens with one attached hydrogen (secondary N) is 2. The topological polar surface area (TPSA) is 170 Å². The number of aromatic amines is 1. The Morgan fingerprint density at radius 2 is 2.13 bits per heavy atom. The maximum absolute atomic E-state index is 12.3. The number of nitrogens with zero attached hydrogens (tertiary/aromatic N) is 3. The van der Waals surface area contributed by atoms with Crippen molar-refractivity contribution >= 4 is 71.8 Å². The molecule has 1 amide bonds. The van der Waals surface area contributed by atoms with E-state index in [1.165, 1.54) is 43.3 Å². The summed E-state index contributed by atoms with van der Waals surface area (Å²) in [7, 11) is -3.44. The van der Waals surface area contributed by atoms with E-state index < -0.39 is 7.82 Å². The molecule has 0 atom stereocenters. The van der Waals surface area contributed by atoms with Crippen LogP contribution in [0.3, 0.4) is 0 Å². The normalized spacial score (nSPS) is 10.8. The van der Waals surface area contributed by atoms with E-state index in [9.17, 15) is 9.36 Å². The number of methoxy groups -OCH3 is 1. The third-order valence-corrected chi connectivity index (χ3v) is 5.16. The average Bonchev–Trinajstić information content (AvgIpc) is 3.11. The number of ether oxygens (including phenoxy) is 1. The molecule has 31 heavy (non-hydrogen) atoms. The summed E-state index contributed by atoms with van der Waals surface area (Å²) in [5.74, 6) is -0.391. The molecule has 11 nitrogen and oxygen atoms in total. The molecular weight excluding hydrogens is 456 g/mol. The van der Waals surface area contributed by atoms with Crippen LogP contribution in [-0.4, -0.2) is 73.1 Å². The Bertz CT molecular complexity index is 1210. The van der Waals surface area contributed by atoms with Crippen molar-refractivity contribution in [1.29, 1.82) is 5.26 Å². The van der Waals surface area contributed by atoms with Crippen LogP contribution in [-0.2, 0) is 9.36 Å². The van der Waals surface area contributed by atoms with Crippen LogP contribution in [0.15, 0.2) is 29.6 Å². The van der Waals surface area contributed by atoms with Gasteiger partial charge in [0.05, 0.1) is 30.1 Å². The molecule has 0 aliphatic carbocycles. The van der Waals surface area contributed by atoms with Gasteiger partial charge in [0.1, 0.15) is 11.8 Å². The van der Waals surface area contributed by atoms with Gasteiger partial charge in [0, 0.05) is 17.3 Å². The number of nitriles is 1. The number of aryl methyl sites for hydroxylation is 1. The van der Waals surface area contributed by atoms with Crippen molar-refractivity contribution in [2.24, 2.45) is 0 Å². The first-order chi connectivity index (χ1) is 14.2. The number of amides is 1. The van der Waals surface area contributed by atoms with E-state index in [2.05, 4.69) is 24.8 Å². The molecule has 0 radical (unpaired) electrons. The third-order valence-electron chi connectivity index (χ3n) is 3.85. The van der Waals surface area contributed by atoms with Crippen LogP contribution >= 0.6 is 19.6 Å². The van der Waals surface area contributed by atoms with Crippen LogP contribution in [0.1, 0.15) is 11.3 Å².